The van der Waals surface area contributed by atoms with Gasteiger partial charge < -0.3 is 14.4 Å². The first-order valence-corrected chi connectivity index (χ1v) is 11.2. The van der Waals surface area contributed by atoms with E-state index in [1.807, 2.05) is 77.7 Å². The van der Waals surface area contributed by atoms with Crippen LogP contribution in [0.1, 0.15) is 36.0 Å². The van der Waals surface area contributed by atoms with E-state index >= 15 is 0 Å². The van der Waals surface area contributed by atoms with E-state index in [0.29, 0.717) is 36.0 Å². The van der Waals surface area contributed by atoms with Gasteiger partial charge in [-0.05, 0) is 53.8 Å². The highest BCUT2D eigenvalue weighted by atomic mass is 35.5. The Balaban J connectivity index is 1.83. The number of hydrogen-bond acceptors (Lipinski definition) is 3. The molecule has 0 aromatic heterocycles. The maximum atomic E-state index is 13.6. The van der Waals surface area contributed by atoms with Gasteiger partial charge in [0, 0.05) is 18.1 Å². The average molecular weight is 452 g/mol. The molecule has 4 nitrogen and oxygen atoms in total. The molecule has 0 aliphatic rings. The summed E-state index contributed by atoms with van der Waals surface area (Å²) in [6, 6.07) is 23.6. The minimum absolute atomic E-state index is 0.133. The summed E-state index contributed by atoms with van der Waals surface area (Å²) in [6.45, 7) is 3.19. The number of carbonyl (C=O) groups is 1. The summed E-state index contributed by atoms with van der Waals surface area (Å²) in [5, 5.41) is 0.688. The molecule has 0 N–H and O–H groups in total. The fraction of sp³-hybridized carbons (Fsp3) is 0.296. The Morgan fingerprint density at radius 2 is 1.56 bits per heavy atom. The predicted molar refractivity (Wildman–Crippen MR) is 130 cm³/mol. The van der Waals surface area contributed by atoms with Crippen molar-refractivity contribution in [3.05, 3.63) is 94.5 Å². The fourth-order valence-corrected chi connectivity index (χ4v) is 3.96. The second-order valence-corrected chi connectivity index (χ2v) is 8.13. The summed E-state index contributed by atoms with van der Waals surface area (Å²) in [7, 11) is 3.25. The third-order valence-corrected chi connectivity index (χ3v) is 5.88. The number of ether oxygens (including phenoxy) is 2. The first-order valence-electron chi connectivity index (χ1n) is 10.8. The first kappa shape index (κ1) is 23.7. The first-order chi connectivity index (χ1) is 15.5. The Morgan fingerprint density at radius 3 is 2.19 bits per heavy atom. The molecule has 0 aliphatic heterocycles. The van der Waals surface area contributed by atoms with Crippen LogP contribution in [-0.2, 0) is 17.8 Å². The molecule has 3 rings (SSSR count). The van der Waals surface area contributed by atoms with Crippen LogP contribution in [0.3, 0.4) is 0 Å². The molecule has 0 heterocycles. The van der Waals surface area contributed by atoms with Crippen molar-refractivity contribution >= 4 is 17.5 Å². The molecule has 1 amide bonds. The van der Waals surface area contributed by atoms with E-state index in [-0.39, 0.29) is 11.8 Å². The number of hydrogen-bond donors (Lipinski definition) is 0. The molecular formula is C27H30ClNO3. The van der Waals surface area contributed by atoms with Crippen molar-refractivity contribution < 1.29 is 14.3 Å². The molecule has 168 valence electrons. The molecule has 0 bridgehead atoms. The maximum absolute atomic E-state index is 13.6. The van der Waals surface area contributed by atoms with Crippen LogP contribution in [-0.4, -0.2) is 31.6 Å². The highest BCUT2D eigenvalue weighted by Crippen LogP contribution is 2.28. The van der Waals surface area contributed by atoms with E-state index in [2.05, 4.69) is 6.92 Å². The predicted octanol–water partition coefficient (Wildman–Crippen LogP) is 6.12. The molecule has 5 heteroatoms. The minimum Gasteiger partial charge on any atom is -0.493 e. The summed E-state index contributed by atoms with van der Waals surface area (Å²) >= 11 is 6.06. The van der Waals surface area contributed by atoms with Crippen LogP contribution in [0.2, 0.25) is 5.02 Å². The van der Waals surface area contributed by atoms with Crippen LogP contribution < -0.4 is 9.47 Å². The molecule has 1 unspecified atom stereocenters. The Bertz CT molecular complexity index is 1010. The van der Waals surface area contributed by atoms with E-state index < -0.39 is 0 Å². The highest BCUT2D eigenvalue weighted by Gasteiger charge is 2.24. The van der Waals surface area contributed by atoms with E-state index in [1.165, 1.54) is 0 Å². The van der Waals surface area contributed by atoms with Gasteiger partial charge in [0.1, 0.15) is 0 Å². The van der Waals surface area contributed by atoms with Gasteiger partial charge in [0.15, 0.2) is 11.5 Å². The van der Waals surface area contributed by atoms with Crippen molar-refractivity contribution in [2.75, 3.05) is 20.8 Å². The minimum atomic E-state index is -0.172. The summed E-state index contributed by atoms with van der Waals surface area (Å²) in [5.74, 6) is 1.35. The lowest BCUT2D eigenvalue weighted by molar-refractivity contribution is -0.133. The molecule has 0 saturated heterocycles. The van der Waals surface area contributed by atoms with Gasteiger partial charge in [-0.1, -0.05) is 67.1 Å². The second-order valence-electron chi connectivity index (χ2n) is 7.70. The van der Waals surface area contributed by atoms with E-state index in [1.54, 1.807) is 14.2 Å². The Hall–Kier alpha value is -2.98. The number of amides is 1. The smallest absolute Gasteiger partial charge is 0.230 e. The molecule has 3 aromatic rings. The summed E-state index contributed by atoms with van der Waals surface area (Å²) in [5.41, 5.74) is 3.19. The quantitative estimate of drug-likeness (QED) is 0.372. The van der Waals surface area contributed by atoms with Gasteiger partial charge in [-0.15, -0.1) is 0 Å². The second kappa shape index (κ2) is 11.6. The lowest BCUT2D eigenvalue weighted by Gasteiger charge is -2.28. The van der Waals surface area contributed by atoms with Crippen molar-refractivity contribution in [3.63, 3.8) is 0 Å². The lowest BCUT2D eigenvalue weighted by atomic mass is 9.94. The maximum Gasteiger partial charge on any atom is 0.230 e. The Morgan fingerprint density at radius 1 is 0.906 bits per heavy atom. The molecule has 0 spiro atoms. The van der Waals surface area contributed by atoms with Gasteiger partial charge in [0.25, 0.3) is 0 Å². The van der Waals surface area contributed by atoms with Crippen LogP contribution in [0.4, 0.5) is 0 Å². The van der Waals surface area contributed by atoms with E-state index in [4.69, 9.17) is 21.1 Å². The largest absolute Gasteiger partial charge is 0.493 e. The van der Waals surface area contributed by atoms with Crippen LogP contribution in [0, 0.1) is 0 Å². The molecule has 3 aromatic carbocycles. The fourth-order valence-electron chi connectivity index (χ4n) is 3.84. The summed E-state index contributed by atoms with van der Waals surface area (Å²) < 4.78 is 10.8. The molecule has 1 atom stereocenters. The monoisotopic (exact) mass is 451 g/mol. The molecule has 0 radical (unpaired) electrons. The van der Waals surface area contributed by atoms with Crippen molar-refractivity contribution in [1.29, 1.82) is 0 Å². The van der Waals surface area contributed by atoms with E-state index in [0.717, 1.165) is 23.1 Å². The van der Waals surface area contributed by atoms with Gasteiger partial charge in [-0.3, -0.25) is 4.79 Å². The summed E-state index contributed by atoms with van der Waals surface area (Å²) in [6.07, 6.45) is 1.46. The van der Waals surface area contributed by atoms with Crippen molar-refractivity contribution in [2.24, 2.45) is 0 Å². The van der Waals surface area contributed by atoms with Crippen LogP contribution >= 0.6 is 11.6 Å². The molecule has 32 heavy (non-hydrogen) atoms. The SMILES string of the molecule is CCC(C(=O)N(CCc1ccc(OC)c(OC)c1)Cc1ccc(Cl)cc1)c1ccccc1. The standard InChI is InChI=1S/C27H30ClNO3/c1-4-24(22-8-6-5-7-9-22)27(30)29(19-21-10-13-23(28)14-11-21)17-16-20-12-15-25(31-2)26(18-20)32-3/h5-15,18,24H,4,16-17,19H2,1-3H3. The highest BCUT2D eigenvalue weighted by molar-refractivity contribution is 6.30. The Kier molecular flexibility index (Phi) is 8.57. The van der Waals surface area contributed by atoms with Crippen LogP contribution in [0.15, 0.2) is 72.8 Å². The van der Waals surface area contributed by atoms with Gasteiger partial charge >= 0.3 is 0 Å². The van der Waals surface area contributed by atoms with Gasteiger partial charge in [0.05, 0.1) is 20.1 Å². The number of halogens is 1. The number of rotatable bonds is 10. The van der Waals surface area contributed by atoms with Crippen LogP contribution in [0.5, 0.6) is 11.5 Å². The number of nitrogens with zero attached hydrogens (tertiary/aromatic N) is 1. The zero-order valence-electron chi connectivity index (χ0n) is 18.9. The van der Waals surface area contributed by atoms with Crippen molar-refractivity contribution in [2.45, 2.75) is 32.2 Å². The topological polar surface area (TPSA) is 38.8 Å². The van der Waals surface area contributed by atoms with Crippen LogP contribution in [0.25, 0.3) is 0 Å². The molecular weight excluding hydrogens is 422 g/mol. The number of methoxy groups -OCH3 is 2. The number of carbonyl (C=O) groups excluding carboxylic acids is 1. The zero-order valence-corrected chi connectivity index (χ0v) is 19.6. The van der Waals surface area contributed by atoms with Crippen molar-refractivity contribution in [1.82, 2.24) is 4.90 Å². The molecule has 0 aliphatic carbocycles. The molecule has 0 saturated carbocycles. The van der Waals surface area contributed by atoms with Gasteiger partial charge in [-0.25, -0.2) is 0 Å². The third kappa shape index (κ3) is 6.04. The average Bonchev–Trinajstić information content (AvgIpc) is 2.83. The normalized spacial score (nSPS) is 11.6. The Labute approximate surface area is 195 Å². The number of benzene rings is 3. The zero-order chi connectivity index (χ0) is 22.9. The third-order valence-electron chi connectivity index (χ3n) is 5.62. The van der Waals surface area contributed by atoms with Gasteiger partial charge in [-0.2, -0.15) is 0 Å². The molecule has 0 fully saturated rings. The van der Waals surface area contributed by atoms with E-state index in [9.17, 15) is 4.79 Å². The lowest BCUT2D eigenvalue weighted by Crippen LogP contribution is -2.36. The summed E-state index contributed by atoms with van der Waals surface area (Å²) in [4.78, 5) is 15.6. The van der Waals surface area contributed by atoms with Crippen molar-refractivity contribution in [3.8, 4) is 11.5 Å². The van der Waals surface area contributed by atoms with Gasteiger partial charge in [0.2, 0.25) is 5.91 Å².